The number of rotatable bonds is 13. The molecule has 266 valence electrons. The number of methoxy groups -OCH3 is 1. The zero-order valence-corrected chi connectivity index (χ0v) is 29.9. The van der Waals surface area contributed by atoms with Crippen molar-refractivity contribution in [1.29, 1.82) is 0 Å². The number of amides is 3. The zero-order valence-electron chi connectivity index (χ0n) is 29.9. The van der Waals surface area contributed by atoms with E-state index in [9.17, 15) is 14.4 Å². The maximum atomic E-state index is 14.9. The predicted octanol–water partition coefficient (Wildman–Crippen LogP) is 4.82. The Morgan fingerprint density at radius 2 is 1.75 bits per heavy atom. The first kappa shape index (κ1) is 37.2. The van der Waals surface area contributed by atoms with Crippen molar-refractivity contribution in [3.8, 4) is 11.7 Å². The highest BCUT2D eigenvalue weighted by Gasteiger charge is 2.42. The third-order valence-corrected chi connectivity index (χ3v) is 8.46. The van der Waals surface area contributed by atoms with Gasteiger partial charge in [0.25, 0.3) is 5.91 Å². The highest BCUT2D eigenvalue weighted by molar-refractivity contribution is 5.94. The fourth-order valence-electron chi connectivity index (χ4n) is 6.36. The molecule has 0 saturated carbocycles. The van der Waals surface area contributed by atoms with Crippen LogP contribution in [0.4, 0.5) is 4.79 Å². The fraction of sp³-hybridized carbons (Fsp3) is 0.667. The van der Waals surface area contributed by atoms with Crippen LogP contribution in [0.15, 0.2) is 30.3 Å². The second-order valence-electron chi connectivity index (χ2n) is 14.0. The molecule has 0 aliphatic carbocycles. The third-order valence-electron chi connectivity index (χ3n) is 8.46. The molecule has 48 heavy (non-hydrogen) atoms. The van der Waals surface area contributed by atoms with E-state index in [1.165, 1.54) is 0 Å². The molecule has 0 unspecified atom stereocenters. The lowest BCUT2D eigenvalue weighted by Crippen LogP contribution is -2.58. The van der Waals surface area contributed by atoms with Crippen molar-refractivity contribution in [3.63, 3.8) is 0 Å². The summed E-state index contributed by atoms with van der Waals surface area (Å²) in [5.41, 5.74) is 1.24. The van der Waals surface area contributed by atoms with Crippen LogP contribution in [0.25, 0.3) is 5.69 Å². The Kier molecular flexibility index (Phi) is 13.3. The van der Waals surface area contributed by atoms with Gasteiger partial charge in [0.2, 0.25) is 5.91 Å². The first-order valence-electron chi connectivity index (χ1n) is 17.4. The highest BCUT2D eigenvalue weighted by Crippen LogP contribution is 2.31. The summed E-state index contributed by atoms with van der Waals surface area (Å²) in [5, 5.41) is 0. The number of nitrogens with zero attached hydrogens (tertiary/aromatic N) is 5. The Labute approximate surface area is 285 Å². The van der Waals surface area contributed by atoms with E-state index in [0.717, 1.165) is 24.2 Å². The summed E-state index contributed by atoms with van der Waals surface area (Å²) in [4.78, 5) is 52.4. The van der Waals surface area contributed by atoms with Crippen LogP contribution in [0.2, 0.25) is 0 Å². The lowest BCUT2D eigenvalue weighted by molar-refractivity contribution is -0.142. The average molecular weight is 670 g/mol. The van der Waals surface area contributed by atoms with Gasteiger partial charge in [-0.1, -0.05) is 32.0 Å². The smallest absolute Gasteiger partial charge is 0.410 e. The lowest BCUT2D eigenvalue weighted by Gasteiger charge is -2.44. The highest BCUT2D eigenvalue weighted by atomic mass is 16.6. The second-order valence-corrected chi connectivity index (χ2v) is 14.0. The normalized spacial score (nSPS) is 18.6. The fourth-order valence-corrected chi connectivity index (χ4v) is 6.36. The van der Waals surface area contributed by atoms with Gasteiger partial charge in [0.1, 0.15) is 5.60 Å². The summed E-state index contributed by atoms with van der Waals surface area (Å²) >= 11 is 0. The Bertz CT molecular complexity index is 1350. The van der Waals surface area contributed by atoms with E-state index >= 15 is 0 Å². The van der Waals surface area contributed by atoms with Crippen LogP contribution in [0.3, 0.4) is 0 Å². The third kappa shape index (κ3) is 9.72. The van der Waals surface area contributed by atoms with Crippen LogP contribution in [-0.4, -0.2) is 120 Å². The SMILES string of the molecule is CCOc1nc(C(=O)N(CC(C)C)[C@H]2C[C@@H](C(=O)N3CCOCC3)CN(C(=O)OC(C)(C)C)C2)c(CCCCOC)n1-c1ccccc1. The minimum absolute atomic E-state index is 0.0284. The van der Waals surface area contributed by atoms with Gasteiger partial charge < -0.3 is 33.6 Å². The summed E-state index contributed by atoms with van der Waals surface area (Å²) in [6.07, 6.45) is 2.13. The Hall–Kier alpha value is -3.64. The number of ether oxygens (including phenoxy) is 4. The van der Waals surface area contributed by atoms with Crippen LogP contribution in [-0.2, 0) is 25.4 Å². The number of aromatic nitrogens is 2. The van der Waals surface area contributed by atoms with Crippen LogP contribution < -0.4 is 4.74 Å². The number of piperidine rings is 1. The number of carbonyl (C=O) groups is 3. The number of likely N-dealkylation sites (tertiary alicyclic amines) is 1. The molecule has 4 rings (SSSR count). The van der Waals surface area contributed by atoms with Crippen molar-refractivity contribution in [3.05, 3.63) is 41.7 Å². The maximum absolute atomic E-state index is 14.9. The summed E-state index contributed by atoms with van der Waals surface area (Å²) < 4.78 is 24.6. The number of benzene rings is 1. The molecule has 3 amide bonds. The topological polar surface area (TPSA) is 116 Å². The number of carbonyl (C=O) groups excluding carboxylic acids is 3. The second kappa shape index (κ2) is 17.1. The molecule has 2 aromatic rings. The molecule has 12 nitrogen and oxygen atoms in total. The Morgan fingerprint density at radius 1 is 1.04 bits per heavy atom. The van der Waals surface area contributed by atoms with E-state index in [4.69, 9.17) is 23.9 Å². The molecule has 2 fully saturated rings. The van der Waals surface area contributed by atoms with Gasteiger partial charge in [-0.05, 0) is 71.4 Å². The van der Waals surface area contributed by atoms with Gasteiger partial charge in [-0.3, -0.25) is 14.2 Å². The quantitative estimate of drug-likeness (QED) is 0.279. The van der Waals surface area contributed by atoms with Gasteiger partial charge in [-0.25, -0.2) is 4.79 Å². The zero-order chi connectivity index (χ0) is 34.8. The molecule has 0 spiro atoms. The van der Waals surface area contributed by atoms with E-state index in [2.05, 4.69) is 13.8 Å². The molecule has 2 aliphatic rings. The summed E-state index contributed by atoms with van der Waals surface area (Å²) in [6, 6.07) is 9.72. The van der Waals surface area contributed by atoms with Crippen LogP contribution in [0.1, 0.15) is 77.0 Å². The first-order valence-corrected chi connectivity index (χ1v) is 17.4. The van der Waals surface area contributed by atoms with E-state index < -0.39 is 23.7 Å². The molecule has 12 heteroatoms. The number of morpholine rings is 1. The number of unbranched alkanes of at least 4 members (excludes halogenated alkanes) is 1. The molecule has 1 aromatic carbocycles. The maximum Gasteiger partial charge on any atom is 0.410 e. The van der Waals surface area contributed by atoms with Crippen LogP contribution in [0.5, 0.6) is 6.01 Å². The molecule has 1 aromatic heterocycles. The van der Waals surface area contributed by atoms with Crippen molar-refractivity contribution >= 4 is 17.9 Å². The molecular weight excluding hydrogens is 614 g/mol. The molecular formula is C36H55N5O7. The lowest BCUT2D eigenvalue weighted by atomic mass is 9.91. The van der Waals surface area contributed by atoms with E-state index in [-0.39, 0.29) is 30.8 Å². The van der Waals surface area contributed by atoms with Gasteiger partial charge in [-0.2, -0.15) is 4.98 Å². The summed E-state index contributed by atoms with van der Waals surface area (Å²) in [6.45, 7) is 15.4. The number of imidazole rings is 1. The van der Waals surface area contributed by atoms with Gasteiger partial charge in [-0.15, -0.1) is 0 Å². The predicted molar refractivity (Wildman–Crippen MR) is 183 cm³/mol. The monoisotopic (exact) mass is 669 g/mol. The number of hydrogen-bond acceptors (Lipinski definition) is 8. The average Bonchev–Trinajstić information content (AvgIpc) is 3.42. The van der Waals surface area contributed by atoms with Crippen LogP contribution >= 0.6 is 0 Å². The largest absolute Gasteiger partial charge is 0.465 e. The molecule has 3 heterocycles. The molecule has 0 radical (unpaired) electrons. The van der Waals surface area contributed by atoms with Crippen LogP contribution in [0, 0.1) is 11.8 Å². The van der Waals surface area contributed by atoms with Crippen molar-refractivity contribution in [2.24, 2.45) is 11.8 Å². The molecule has 2 saturated heterocycles. The van der Waals surface area contributed by atoms with Crippen molar-refractivity contribution in [1.82, 2.24) is 24.3 Å². The minimum atomic E-state index is -0.709. The van der Waals surface area contributed by atoms with E-state index in [1.807, 2.05) is 72.4 Å². The summed E-state index contributed by atoms with van der Waals surface area (Å²) in [5.74, 6) is -0.646. The van der Waals surface area contributed by atoms with Gasteiger partial charge in [0.05, 0.1) is 43.2 Å². The van der Waals surface area contributed by atoms with Gasteiger partial charge in [0.15, 0.2) is 5.69 Å². The van der Waals surface area contributed by atoms with Crippen molar-refractivity contribution in [2.75, 3.05) is 66.3 Å². The standard InChI is InChI=1S/C36H55N5O7/c1-8-47-34-37-31(30(16-12-13-19-45-7)41(34)28-14-10-9-11-15-28)33(43)40(23-26(2)3)29-22-27(32(42)38-17-20-46-21-18-38)24-39(25-29)35(44)48-36(4,5)6/h9-11,14-15,26-27,29H,8,12-13,16-25H2,1-7H3/t27-,29+/m1/s1. The van der Waals surface area contributed by atoms with E-state index in [1.54, 1.807) is 12.0 Å². The van der Waals surface area contributed by atoms with Gasteiger partial charge >= 0.3 is 12.1 Å². The summed E-state index contributed by atoms with van der Waals surface area (Å²) in [7, 11) is 1.68. The van der Waals surface area contributed by atoms with Crippen molar-refractivity contribution in [2.45, 2.75) is 78.9 Å². The Morgan fingerprint density at radius 3 is 2.38 bits per heavy atom. The molecule has 0 bridgehead atoms. The number of hydrogen-bond donors (Lipinski definition) is 0. The number of para-hydroxylation sites is 1. The minimum Gasteiger partial charge on any atom is -0.465 e. The molecule has 0 N–H and O–H groups in total. The molecule has 2 atom stereocenters. The first-order chi connectivity index (χ1) is 22.9. The van der Waals surface area contributed by atoms with E-state index in [0.29, 0.717) is 70.6 Å². The molecule has 2 aliphatic heterocycles. The van der Waals surface area contributed by atoms with Gasteiger partial charge in [0, 0.05) is 46.4 Å². The van der Waals surface area contributed by atoms with Crippen molar-refractivity contribution < 1.29 is 33.3 Å². The Balaban J connectivity index is 1.76.